The van der Waals surface area contributed by atoms with Crippen molar-refractivity contribution in [2.75, 3.05) is 26.7 Å². The van der Waals surface area contributed by atoms with E-state index in [1.807, 2.05) is 42.6 Å². The van der Waals surface area contributed by atoms with Gasteiger partial charge in [0.1, 0.15) is 0 Å². The molecular formula is C20H27ClN4S. The van der Waals surface area contributed by atoms with Crippen molar-refractivity contribution >= 4 is 28.9 Å². The van der Waals surface area contributed by atoms with Gasteiger partial charge in [0.15, 0.2) is 5.96 Å². The number of benzene rings is 1. The first kappa shape index (κ1) is 19.2. The maximum Gasteiger partial charge on any atom is 0.191 e. The van der Waals surface area contributed by atoms with Gasteiger partial charge in [0.25, 0.3) is 0 Å². The van der Waals surface area contributed by atoms with Crippen molar-refractivity contribution in [3.05, 3.63) is 57.2 Å². The largest absolute Gasteiger partial charge is 0.356 e. The summed E-state index contributed by atoms with van der Waals surface area (Å²) in [6, 6.07) is 12.3. The van der Waals surface area contributed by atoms with E-state index in [4.69, 9.17) is 11.6 Å². The van der Waals surface area contributed by atoms with Gasteiger partial charge in [-0.15, -0.1) is 11.3 Å². The number of thiophene rings is 1. The summed E-state index contributed by atoms with van der Waals surface area (Å²) in [5.41, 5.74) is 1.08. The first-order valence-electron chi connectivity index (χ1n) is 9.17. The molecule has 0 spiro atoms. The SMILES string of the molecule is CN=C(NCc1ccccc1Cl)NCC1CCCN(Cc2cccs2)C1. The highest BCUT2D eigenvalue weighted by atomic mass is 35.5. The predicted octanol–water partition coefficient (Wildman–Crippen LogP) is 3.98. The predicted molar refractivity (Wildman–Crippen MR) is 112 cm³/mol. The van der Waals surface area contributed by atoms with Crippen LogP contribution in [0.4, 0.5) is 0 Å². The molecule has 4 nitrogen and oxygen atoms in total. The van der Waals surface area contributed by atoms with Gasteiger partial charge in [-0.05, 0) is 48.4 Å². The summed E-state index contributed by atoms with van der Waals surface area (Å²) in [6.45, 7) is 5.05. The van der Waals surface area contributed by atoms with Gasteiger partial charge in [0, 0.05) is 43.1 Å². The molecule has 1 aliphatic rings. The van der Waals surface area contributed by atoms with Gasteiger partial charge in [-0.2, -0.15) is 0 Å². The molecule has 0 radical (unpaired) electrons. The molecule has 0 amide bonds. The first-order valence-corrected chi connectivity index (χ1v) is 10.4. The van der Waals surface area contributed by atoms with E-state index in [9.17, 15) is 0 Å². The second kappa shape index (κ2) is 9.95. The van der Waals surface area contributed by atoms with Gasteiger partial charge in [-0.25, -0.2) is 0 Å². The van der Waals surface area contributed by atoms with Crippen LogP contribution in [0.5, 0.6) is 0 Å². The van der Waals surface area contributed by atoms with Crippen molar-refractivity contribution < 1.29 is 0 Å². The molecular weight excluding hydrogens is 364 g/mol. The number of hydrogen-bond acceptors (Lipinski definition) is 3. The second-order valence-corrected chi connectivity index (χ2v) is 8.16. The fourth-order valence-electron chi connectivity index (χ4n) is 3.37. The third-order valence-corrected chi connectivity index (χ3v) is 5.98. The zero-order valence-electron chi connectivity index (χ0n) is 15.2. The number of rotatable bonds is 6. The number of nitrogens with zero attached hydrogens (tertiary/aromatic N) is 2. The summed E-state index contributed by atoms with van der Waals surface area (Å²) in [7, 11) is 1.81. The first-order chi connectivity index (χ1) is 12.7. The molecule has 1 unspecified atom stereocenters. The van der Waals surface area contributed by atoms with E-state index < -0.39 is 0 Å². The Morgan fingerprint density at radius 3 is 2.92 bits per heavy atom. The topological polar surface area (TPSA) is 39.7 Å². The van der Waals surface area contributed by atoms with Crippen LogP contribution in [-0.2, 0) is 13.1 Å². The number of hydrogen-bond donors (Lipinski definition) is 2. The van der Waals surface area contributed by atoms with Crippen LogP contribution in [0.2, 0.25) is 5.02 Å². The Labute approximate surface area is 165 Å². The third-order valence-electron chi connectivity index (χ3n) is 4.75. The van der Waals surface area contributed by atoms with Crippen LogP contribution >= 0.6 is 22.9 Å². The van der Waals surface area contributed by atoms with Crippen molar-refractivity contribution in [2.45, 2.75) is 25.9 Å². The van der Waals surface area contributed by atoms with Crippen LogP contribution in [0.15, 0.2) is 46.8 Å². The van der Waals surface area contributed by atoms with E-state index in [2.05, 4.69) is 38.0 Å². The zero-order chi connectivity index (χ0) is 18.2. The van der Waals surface area contributed by atoms with Gasteiger partial charge in [0.05, 0.1) is 0 Å². The summed E-state index contributed by atoms with van der Waals surface area (Å²) in [4.78, 5) is 8.36. The molecule has 1 fully saturated rings. The molecule has 26 heavy (non-hydrogen) atoms. The van der Waals surface area contributed by atoms with E-state index in [0.717, 1.165) is 36.2 Å². The van der Waals surface area contributed by atoms with Crippen LogP contribution in [0.25, 0.3) is 0 Å². The van der Waals surface area contributed by atoms with Crippen LogP contribution in [0.3, 0.4) is 0 Å². The summed E-state index contributed by atoms with van der Waals surface area (Å²) >= 11 is 8.07. The maximum absolute atomic E-state index is 6.22. The van der Waals surface area contributed by atoms with Crippen LogP contribution in [0, 0.1) is 5.92 Å². The van der Waals surface area contributed by atoms with Crippen molar-refractivity contribution in [1.29, 1.82) is 0 Å². The van der Waals surface area contributed by atoms with Gasteiger partial charge >= 0.3 is 0 Å². The molecule has 1 atom stereocenters. The summed E-state index contributed by atoms with van der Waals surface area (Å²) in [5.74, 6) is 1.49. The molecule has 1 aliphatic heterocycles. The minimum Gasteiger partial charge on any atom is -0.356 e. The summed E-state index contributed by atoms with van der Waals surface area (Å²) in [5, 5.41) is 9.78. The van der Waals surface area contributed by atoms with Gasteiger partial charge < -0.3 is 10.6 Å². The minimum absolute atomic E-state index is 0.655. The smallest absolute Gasteiger partial charge is 0.191 e. The minimum atomic E-state index is 0.655. The Balaban J connectivity index is 1.43. The summed E-state index contributed by atoms with van der Waals surface area (Å²) in [6.07, 6.45) is 2.54. The van der Waals surface area contributed by atoms with Gasteiger partial charge in [0.2, 0.25) is 0 Å². The Kier molecular flexibility index (Phi) is 7.35. The Bertz CT molecular complexity index is 702. The average molecular weight is 391 g/mol. The highest BCUT2D eigenvalue weighted by molar-refractivity contribution is 7.09. The quantitative estimate of drug-likeness (QED) is 0.579. The number of halogens is 1. The lowest BCUT2D eigenvalue weighted by Gasteiger charge is -2.32. The van der Waals surface area contributed by atoms with E-state index in [1.165, 1.54) is 24.3 Å². The third kappa shape index (κ3) is 5.73. The van der Waals surface area contributed by atoms with Crippen molar-refractivity contribution in [2.24, 2.45) is 10.9 Å². The summed E-state index contributed by atoms with van der Waals surface area (Å²) < 4.78 is 0. The molecule has 0 aliphatic carbocycles. The van der Waals surface area contributed by atoms with E-state index in [0.29, 0.717) is 12.5 Å². The number of aliphatic imine (C=N–C) groups is 1. The molecule has 2 N–H and O–H groups in total. The molecule has 1 saturated heterocycles. The van der Waals surface area contributed by atoms with Crippen molar-refractivity contribution in [3.8, 4) is 0 Å². The zero-order valence-corrected chi connectivity index (χ0v) is 16.8. The van der Waals surface area contributed by atoms with Crippen LogP contribution in [-0.4, -0.2) is 37.5 Å². The van der Waals surface area contributed by atoms with Crippen molar-refractivity contribution in [3.63, 3.8) is 0 Å². The lowest BCUT2D eigenvalue weighted by Crippen LogP contribution is -2.44. The standard InChI is InChI=1S/C20H27ClN4S/c1-22-20(24-13-17-7-2-3-9-19(17)21)23-12-16-6-4-10-25(14-16)15-18-8-5-11-26-18/h2-3,5,7-9,11,16H,4,6,10,12-15H2,1H3,(H2,22,23,24). The van der Waals surface area contributed by atoms with E-state index >= 15 is 0 Å². The number of nitrogens with one attached hydrogen (secondary N) is 2. The van der Waals surface area contributed by atoms with E-state index in [-0.39, 0.29) is 0 Å². The molecule has 1 aromatic carbocycles. The number of piperidine rings is 1. The Morgan fingerprint density at radius 2 is 2.15 bits per heavy atom. The lowest BCUT2D eigenvalue weighted by atomic mass is 9.98. The second-order valence-electron chi connectivity index (χ2n) is 6.72. The monoisotopic (exact) mass is 390 g/mol. The fraction of sp³-hybridized carbons (Fsp3) is 0.450. The molecule has 2 heterocycles. The number of guanidine groups is 1. The number of likely N-dealkylation sites (tertiary alicyclic amines) is 1. The average Bonchev–Trinajstić information content (AvgIpc) is 3.16. The highest BCUT2D eigenvalue weighted by Gasteiger charge is 2.20. The Hall–Kier alpha value is -1.56. The normalized spacial score (nSPS) is 18.7. The van der Waals surface area contributed by atoms with Crippen LogP contribution in [0.1, 0.15) is 23.3 Å². The van der Waals surface area contributed by atoms with Gasteiger partial charge in [-0.1, -0.05) is 35.9 Å². The molecule has 3 rings (SSSR count). The molecule has 1 aromatic heterocycles. The van der Waals surface area contributed by atoms with Gasteiger partial charge in [-0.3, -0.25) is 9.89 Å². The van der Waals surface area contributed by atoms with E-state index in [1.54, 1.807) is 0 Å². The molecule has 0 bridgehead atoms. The molecule has 6 heteroatoms. The lowest BCUT2D eigenvalue weighted by molar-refractivity contribution is 0.169. The van der Waals surface area contributed by atoms with Crippen molar-refractivity contribution in [1.82, 2.24) is 15.5 Å². The Morgan fingerprint density at radius 1 is 1.27 bits per heavy atom. The maximum atomic E-state index is 6.22. The molecule has 0 saturated carbocycles. The van der Waals surface area contributed by atoms with Crippen LogP contribution < -0.4 is 10.6 Å². The highest BCUT2D eigenvalue weighted by Crippen LogP contribution is 2.20. The molecule has 140 valence electrons. The fourth-order valence-corrected chi connectivity index (χ4v) is 4.32. The molecule has 2 aromatic rings.